The number of amides is 1. The van der Waals surface area contributed by atoms with Gasteiger partial charge in [-0.1, -0.05) is 57.2 Å². The highest BCUT2D eigenvalue weighted by molar-refractivity contribution is 6.09. The molecule has 5 atom stereocenters. The van der Waals surface area contributed by atoms with Gasteiger partial charge in [0.2, 0.25) is 5.91 Å². The second kappa shape index (κ2) is 4.42. The van der Waals surface area contributed by atoms with Gasteiger partial charge in [-0.15, -0.1) is 0 Å². The van der Waals surface area contributed by atoms with Crippen molar-refractivity contribution in [2.45, 2.75) is 40.5 Å². The Morgan fingerprint density at radius 3 is 2.50 bits per heavy atom. The Kier molecular flexibility index (Phi) is 2.61. The summed E-state index contributed by atoms with van der Waals surface area (Å²) in [4.78, 5) is 24.4. The zero-order chi connectivity index (χ0) is 19.7. The molecule has 0 aromatic heterocycles. The molecule has 1 N–H and O–H groups in total. The Balaban J connectivity index is 1.63. The van der Waals surface area contributed by atoms with Crippen molar-refractivity contribution in [3.8, 4) is 0 Å². The summed E-state index contributed by atoms with van der Waals surface area (Å²) < 4.78 is 0. The zero-order valence-electron chi connectivity index (χ0n) is 16.8. The highest BCUT2D eigenvalue weighted by atomic mass is 16.1. The van der Waals surface area contributed by atoms with Crippen molar-refractivity contribution < 1.29 is 9.59 Å². The van der Waals surface area contributed by atoms with E-state index >= 15 is 0 Å². The number of hydrogen-bond donors (Lipinski definition) is 1. The van der Waals surface area contributed by atoms with Crippen LogP contribution in [0.25, 0.3) is 16.3 Å². The van der Waals surface area contributed by atoms with Crippen molar-refractivity contribution in [1.82, 2.24) is 0 Å². The zero-order valence-corrected chi connectivity index (χ0v) is 16.8. The van der Waals surface area contributed by atoms with Crippen molar-refractivity contribution in [3.05, 3.63) is 47.5 Å². The summed E-state index contributed by atoms with van der Waals surface area (Å²) in [5, 5.41) is 5.23. The van der Waals surface area contributed by atoms with E-state index in [4.69, 9.17) is 0 Å². The van der Waals surface area contributed by atoms with Crippen LogP contribution in [0.4, 0.5) is 5.69 Å². The van der Waals surface area contributed by atoms with E-state index in [0.29, 0.717) is 16.7 Å². The van der Waals surface area contributed by atoms with E-state index in [0.717, 1.165) is 46.7 Å². The lowest BCUT2D eigenvalue weighted by Gasteiger charge is -2.54. The number of rotatable bonds is 3. The topological polar surface area (TPSA) is 46.2 Å². The van der Waals surface area contributed by atoms with Crippen molar-refractivity contribution >= 4 is 34.2 Å². The number of aldehydes is 1. The van der Waals surface area contributed by atoms with E-state index < -0.39 is 0 Å². The van der Waals surface area contributed by atoms with Crippen molar-refractivity contribution in [2.75, 3.05) is 5.32 Å². The largest absolute Gasteiger partial charge is 0.325 e. The van der Waals surface area contributed by atoms with Crippen LogP contribution in [0.15, 0.2) is 42.0 Å². The molecule has 4 aliphatic rings. The molecular formula is C25H25NO2. The van der Waals surface area contributed by atoms with Crippen LogP contribution in [0, 0.1) is 27.6 Å². The minimum Gasteiger partial charge on any atom is -0.325 e. The van der Waals surface area contributed by atoms with Crippen molar-refractivity contribution in [1.29, 1.82) is 0 Å². The van der Waals surface area contributed by atoms with E-state index in [2.05, 4.69) is 50.4 Å². The van der Waals surface area contributed by atoms with Gasteiger partial charge in [0.1, 0.15) is 6.29 Å². The van der Waals surface area contributed by atoms with Gasteiger partial charge in [0.25, 0.3) is 0 Å². The monoisotopic (exact) mass is 371 g/mol. The maximum absolute atomic E-state index is 12.3. The lowest BCUT2D eigenvalue weighted by molar-refractivity contribution is -0.114. The first-order valence-corrected chi connectivity index (χ1v) is 10.3. The van der Waals surface area contributed by atoms with Crippen LogP contribution in [0.1, 0.15) is 46.1 Å². The summed E-state index contributed by atoms with van der Waals surface area (Å²) in [6, 6.07) is 12.4. The van der Waals surface area contributed by atoms with Gasteiger partial charge in [-0.25, -0.2) is 0 Å². The number of hydrogen-bond acceptors (Lipinski definition) is 2. The predicted molar refractivity (Wildman–Crippen MR) is 111 cm³/mol. The smallest absolute Gasteiger partial charge is 0.221 e. The second-order valence-electron chi connectivity index (χ2n) is 10.1. The third-order valence-corrected chi connectivity index (χ3v) is 9.45. The van der Waals surface area contributed by atoms with E-state index in [9.17, 15) is 9.59 Å². The lowest BCUT2D eigenvalue weighted by atomic mass is 9.49. The average molecular weight is 371 g/mol. The molecule has 0 saturated heterocycles. The third kappa shape index (κ3) is 1.29. The Hall–Kier alpha value is -2.42. The minimum absolute atomic E-state index is 0.0192. The molecule has 2 aromatic rings. The molecule has 5 unspecified atom stereocenters. The fourth-order valence-corrected chi connectivity index (χ4v) is 8.87. The molecule has 142 valence electrons. The van der Waals surface area contributed by atoms with Gasteiger partial charge in [0.05, 0.1) is 5.69 Å². The van der Waals surface area contributed by atoms with Crippen molar-refractivity contribution in [3.63, 3.8) is 0 Å². The maximum Gasteiger partial charge on any atom is 0.221 e. The lowest BCUT2D eigenvalue weighted by Crippen LogP contribution is -2.48. The SMILES string of the molecule is CC(=O)Nc1c(C2=C(C=O)C3CC4(C)C5(C)CC2(C)C345)ccc2ccccc12. The highest BCUT2D eigenvalue weighted by Crippen LogP contribution is 3.08. The van der Waals surface area contributed by atoms with Gasteiger partial charge >= 0.3 is 0 Å². The van der Waals surface area contributed by atoms with Gasteiger partial charge in [-0.3, -0.25) is 9.59 Å². The summed E-state index contributed by atoms with van der Waals surface area (Å²) in [6.45, 7) is 8.77. The molecule has 0 heterocycles. The van der Waals surface area contributed by atoms with Crippen LogP contribution in [0.3, 0.4) is 0 Å². The summed E-state index contributed by atoms with van der Waals surface area (Å²) in [6.07, 6.45) is 3.37. The number of carbonyl (C=O) groups is 2. The summed E-state index contributed by atoms with van der Waals surface area (Å²) in [5.74, 6) is 0.301. The van der Waals surface area contributed by atoms with Crippen LogP contribution in [0.2, 0.25) is 0 Å². The molecular weight excluding hydrogens is 346 g/mol. The molecule has 1 amide bonds. The number of allylic oxidation sites excluding steroid dienone is 2. The van der Waals surface area contributed by atoms with Crippen LogP contribution < -0.4 is 5.32 Å². The third-order valence-electron chi connectivity index (χ3n) is 9.45. The molecule has 28 heavy (non-hydrogen) atoms. The van der Waals surface area contributed by atoms with Crippen LogP contribution >= 0.6 is 0 Å². The molecule has 3 saturated carbocycles. The molecule has 0 bridgehead atoms. The molecule has 2 aromatic carbocycles. The first-order chi connectivity index (χ1) is 13.3. The van der Waals surface area contributed by atoms with Gasteiger partial charge in [0.15, 0.2) is 0 Å². The van der Waals surface area contributed by atoms with E-state index in [1.165, 1.54) is 5.57 Å². The number of anilines is 1. The fraction of sp³-hybridized carbons (Fsp3) is 0.440. The van der Waals surface area contributed by atoms with Crippen LogP contribution in [-0.4, -0.2) is 12.2 Å². The Labute approximate surface area is 165 Å². The Bertz CT molecular complexity index is 1150. The predicted octanol–water partition coefficient (Wildman–Crippen LogP) is 5.21. The van der Waals surface area contributed by atoms with Gasteiger partial charge < -0.3 is 5.32 Å². The first kappa shape index (κ1) is 16.5. The molecule has 1 spiro atoms. The number of nitrogens with one attached hydrogen (secondary N) is 1. The van der Waals surface area contributed by atoms with Gasteiger partial charge in [-0.2, -0.15) is 0 Å². The van der Waals surface area contributed by atoms with Crippen molar-refractivity contribution in [2.24, 2.45) is 27.6 Å². The van der Waals surface area contributed by atoms with Gasteiger partial charge in [0, 0.05) is 28.9 Å². The maximum atomic E-state index is 12.3. The first-order valence-electron chi connectivity index (χ1n) is 10.3. The Morgan fingerprint density at radius 1 is 1.11 bits per heavy atom. The normalized spacial score (nSPS) is 41.6. The number of fused-ring (bicyclic) bond motifs is 2. The van der Waals surface area contributed by atoms with E-state index in [1.807, 2.05) is 12.1 Å². The molecule has 6 rings (SSSR count). The number of benzene rings is 2. The van der Waals surface area contributed by atoms with Crippen LogP contribution in [-0.2, 0) is 9.59 Å². The minimum atomic E-state index is -0.0788. The number of carbonyl (C=O) groups excluding carboxylic acids is 2. The molecule has 0 aliphatic heterocycles. The highest BCUT2D eigenvalue weighted by Gasteiger charge is 3.03. The summed E-state index contributed by atoms with van der Waals surface area (Å²) in [5.41, 5.74) is 5.07. The molecule has 0 radical (unpaired) electrons. The van der Waals surface area contributed by atoms with Gasteiger partial charge in [-0.05, 0) is 46.0 Å². The quantitative estimate of drug-likeness (QED) is 0.753. The molecule has 4 aliphatic carbocycles. The average Bonchev–Trinajstić information content (AvgIpc) is 2.82. The summed E-state index contributed by atoms with van der Waals surface area (Å²) >= 11 is 0. The molecule has 3 fully saturated rings. The Morgan fingerprint density at radius 2 is 1.86 bits per heavy atom. The summed E-state index contributed by atoms with van der Waals surface area (Å²) in [7, 11) is 0. The fourth-order valence-electron chi connectivity index (χ4n) is 8.87. The second-order valence-corrected chi connectivity index (χ2v) is 10.1. The molecule has 3 nitrogen and oxygen atoms in total. The molecule has 3 heteroatoms. The van der Waals surface area contributed by atoms with E-state index in [1.54, 1.807) is 6.92 Å². The van der Waals surface area contributed by atoms with Crippen LogP contribution in [0.5, 0.6) is 0 Å². The standard InChI is InChI=1S/C25H25NO2/c1-14(28)26-21-16-8-6-5-7-15(16)9-10-17(21)20-18(12-27)19-11-23(3)24(4)13-22(20,2)25(19,23)24/h5-10,12,19H,11,13H2,1-4H3,(H,26,28). The van der Waals surface area contributed by atoms with E-state index in [-0.39, 0.29) is 16.7 Å².